The molecule has 2 aromatic rings. The molecule has 96 valence electrons. The van der Waals surface area contributed by atoms with Crippen LogP contribution in [0.1, 0.15) is 20.7 Å². The summed E-state index contributed by atoms with van der Waals surface area (Å²) in [5.74, 6) is -2.30. The number of rotatable bonds is 3. The van der Waals surface area contributed by atoms with Gasteiger partial charge in [-0.1, -0.05) is 18.2 Å². The Kier molecular flexibility index (Phi) is 3.47. The molecule has 0 aliphatic rings. The number of carbonyl (C=O) groups excluding carboxylic acids is 1. The second kappa shape index (κ2) is 5.22. The Morgan fingerprint density at radius 1 is 1.00 bits per heavy atom. The number of benzene rings is 2. The highest BCUT2D eigenvalue weighted by Crippen LogP contribution is 2.25. The van der Waals surface area contributed by atoms with Gasteiger partial charge in [-0.25, -0.2) is 9.59 Å². The van der Waals surface area contributed by atoms with Crippen molar-refractivity contribution in [2.24, 2.45) is 0 Å². The van der Waals surface area contributed by atoms with Gasteiger partial charge in [-0.05, 0) is 24.3 Å². The number of carbonyl (C=O) groups is 2. The first kappa shape index (κ1) is 12.6. The maximum Gasteiger partial charge on any atom is 0.343 e. The summed E-state index contributed by atoms with van der Waals surface area (Å²) >= 11 is 0. The topological polar surface area (TPSA) is 83.8 Å². The molecule has 0 atom stereocenters. The van der Waals surface area contributed by atoms with Crippen LogP contribution in [-0.4, -0.2) is 22.2 Å². The van der Waals surface area contributed by atoms with Gasteiger partial charge < -0.3 is 14.9 Å². The number of esters is 1. The molecular weight excluding hydrogens is 248 g/mol. The fourth-order valence-electron chi connectivity index (χ4n) is 1.51. The van der Waals surface area contributed by atoms with Crippen LogP contribution < -0.4 is 4.74 Å². The second-order valence-electron chi connectivity index (χ2n) is 3.74. The van der Waals surface area contributed by atoms with Gasteiger partial charge in [0.2, 0.25) is 0 Å². The standard InChI is InChI=1S/C14H10O5/c15-10-6-7-11(13(16)17)12(8-10)19-14(18)9-4-2-1-3-5-9/h1-8,15H,(H,16,17). The van der Waals surface area contributed by atoms with Gasteiger partial charge in [0, 0.05) is 6.07 Å². The zero-order valence-electron chi connectivity index (χ0n) is 9.74. The van der Waals surface area contributed by atoms with Crippen LogP contribution in [0, 0.1) is 0 Å². The third-order valence-electron chi connectivity index (χ3n) is 2.41. The van der Waals surface area contributed by atoms with Crippen molar-refractivity contribution in [2.45, 2.75) is 0 Å². The number of aromatic hydroxyl groups is 1. The SMILES string of the molecule is O=C(Oc1cc(O)ccc1C(=O)O)c1ccccc1. The van der Waals surface area contributed by atoms with E-state index < -0.39 is 11.9 Å². The summed E-state index contributed by atoms with van der Waals surface area (Å²) in [6, 6.07) is 11.6. The van der Waals surface area contributed by atoms with E-state index in [-0.39, 0.29) is 17.1 Å². The smallest absolute Gasteiger partial charge is 0.343 e. The Hall–Kier alpha value is -2.82. The molecular formula is C14H10O5. The Balaban J connectivity index is 2.31. The minimum absolute atomic E-state index is 0.180. The molecule has 5 nitrogen and oxygen atoms in total. The number of hydrogen-bond donors (Lipinski definition) is 2. The van der Waals surface area contributed by atoms with Gasteiger partial charge in [-0.15, -0.1) is 0 Å². The molecule has 0 fully saturated rings. The van der Waals surface area contributed by atoms with Crippen LogP contribution in [-0.2, 0) is 0 Å². The van der Waals surface area contributed by atoms with Crippen molar-refractivity contribution in [1.29, 1.82) is 0 Å². The Morgan fingerprint density at radius 2 is 1.68 bits per heavy atom. The van der Waals surface area contributed by atoms with Crippen LogP contribution in [0.15, 0.2) is 48.5 Å². The number of carboxylic acids is 1. The molecule has 0 saturated heterocycles. The maximum atomic E-state index is 11.8. The highest BCUT2D eigenvalue weighted by atomic mass is 16.5. The maximum absolute atomic E-state index is 11.8. The van der Waals surface area contributed by atoms with E-state index in [1.54, 1.807) is 30.3 Å². The molecule has 0 aromatic heterocycles. The first-order valence-electron chi connectivity index (χ1n) is 5.41. The minimum atomic E-state index is -1.24. The molecule has 0 heterocycles. The van der Waals surface area contributed by atoms with Gasteiger partial charge in [0.25, 0.3) is 0 Å². The monoisotopic (exact) mass is 258 g/mol. The molecule has 0 aliphatic heterocycles. The fraction of sp³-hybridized carbons (Fsp3) is 0. The van der Waals surface area contributed by atoms with Crippen molar-refractivity contribution in [3.8, 4) is 11.5 Å². The van der Waals surface area contributed by atoms with E-state index in [2.05, 4.69) is 0 Å². The van der Waals surface area contributed by atoms with E-state index >= 15 is 0 Å². The van der Waals surface area contributed by atoms with E-state index in [0.717, 1.165) is 6.07 Å². The number of phenolic OH excluding ortho intramolecular Hbond substituents is 1. The van der Waals surface area contributed by atoms with Gasteiger partial charge in [0.05, 0.1) is 5.56 Å². The molecule has 2 aromatic carbocycles. The highest BCUT2D eigenvalue weighted by molar-refractivity contribution is 5.95. The Bertz CT molecular complexity index is 619. The predicted molar refractivity (Wildman–Crippen MR) is 66.5 cm³/mol. The normalized spacial score (nSPS) is 9.89. The molecule has 0 unspecified atom stereocenters. The molecule has 19 heavy (non-hydrogen) atoms. The van der Waals surface area contributed by atoms with Crippen LogP contribution in [0.4, 0.5) is 0 Å². The zero-order valence-corrected chi connectivity index (χ0v) is 9.74. The molecule has 0 spiro atoms. The highest BCUT2D eigenvalue weighted by Gasteiger charge is 2.16. The van der Waals surface area contributed by atoms with Gasteiger partial charge in [-0.3, -0.25) is 0 Å². The Labute approximate surface area is 108 Å². The van der Waals surface area contributed by atoms with Crippen molar-refractivity contribution in [2.75, 3.05) is 0 Å². The summed E-state index contributed by atoms with van der Waals surface area (Å²) in [6.07, 6.45) is 0. The lowest BCUT2D eigenvalue weighted by Crippen LogP contribution is -2.11. The third kappa shape index (κ3) is 2.90. The van der Waals surface area contributed by atoms with Crippen molar-refractivity contribution >= 4 is 11.9 Å². The lowest BCUT2D eigenvalue weighted by molar-refractivity contribution is 0.0681. The van der Waals surface area contributed by atoms with Crippen molar-refractivity contribution < 1.29 is 24.5 Å². The number of aromatic carboxylic acids is 1. The van der Waals surface area contributed by atoms with Gasteiger partial charge in [-0.2, -0.15) is 0 Å². The molecule has 0 bridgehead atoms. The average Bonchev–Trinajstić information content (AvgIpc) is 2.39. The summed E-state index contributed by atoms with van der Waals surface area (Å²) < 4.78 is 4.99. The minimum Gasteiger partial charge on any atom is -0.508 e. The largest absolute Gasteiger partial charge is 0.508 e. The molecule has 0 aliphatic carbocycles. The lowest BCUT2D eigenvalue weighted by Gasteiger charge is -2.07. The van der Waals surface area contributed by atoms with Crippen LogP contribution in [0.5, 0.6) is 11.5 Å². The summed E-state index contributed by atoms with van der Waals surface area (Å²) in [7, 11) is 0. The summed E-state index contributed by atoms with van der Waals surface area (Å²) in [5, 5.41) is 18.3. The molecule has 5 heteroatoms. The van der Waals surface area contributed by atoms with Crippen LogP contribution in [0.3, 0.4) is 0 Å². The van der Waals surface area contributed by atoms with Crippen LogP contribution in [0.2, 0.25) is 0 Å². The van der Waals surface area contributed by atoms with E-state index in [1.165, 1.54) is 12.1 Å². The summed E-state index contributed by atoms with van der Waals surface area (Å²) in [5.41, 5.74) is 0.101. The number of phenols is 1. The molecule has 0 saturated carbocycles. The van der Waals surface area contributed by atoms with Crippen molar-refractivity contribution in [3.63, 3.8) is 0 Å². The van der Waals surface area contributed by atoms with Crippen molar-refractivity contribution in [3.05, 3.63) is 59.7 Å². The molecule has 2 N–H and O–H groups in total. The number of carboxylic acid groups (broad SMARTS) is 1. The Morgan fingerprint density at radius 3 is 2.32 bits per heavy atom. The first-order chi connectivity index (χ1) is 9.08. The number of hydrogen-bond acceptors (Lipinski definition) is 4. The molecule has 0 amide bonds. The first-order valence-corrected chi connectivity index (χ1v) is 5.41. The van der Waals surface area contributed by atoms with Crippen LogP contribution in [0.25, 0.3) is 0 Å². The zero-order chi connectivity index (χ0) is 13.8. The third-order valence-corrected chi connectivity index (χ3v) is 2.41. The molecule has 2 rings (SSSR count). The van der Waals surface area contributed by atoms with Crippen LogP contribution >= 0.6 is 0 Å². The average molecular weight is 258 g/mol. The van der Waals surface area contributed by atoms with Gasteiger partial charge in [0.15, 0.2) is 0 Å². The van der Waals surface area contributed by atoms with E-state index in [9.17, 15) is 14.7 Å². The number of ether oxygens (including phenoxy) is 1. The van der Waals surface area contributed by atoms with Crippen molar-refractivity contribution in [1.82, 2.24) is 0 Å². The quantitative estimate of drug-likeness (QED) is 0.652. The predicted octanol–water partition coefficient (Wildman–Crippen LogP) is 2.31. The van der Waals surface area contributed by atoms with Gasteiger partial charge >= 0.3 is 11.9 Å². The second-order valence-corrected chi connectivity index (χ2v) is 3.74. The van der Waals surface area contributed by atoms with Gasteiger partial charge in [0.1, 0.15) is 17.1 Å². The molecule has 0 radical (unpaired) electrons. The van der Waals surface area contributed by atoms with E-state index in [0.29, 0.717) is 5.56 Å². The van der Waals surface area contributed by atoms with E-state index in [4.69, 9.17) is 9.84 Å². The fourth-order valence-corrected chi connectivity index (χ4v) is 1.51. The van der Waals surface area contributed by atoms with E-state index in [1.807, 2.05) is 0 Å². The summed E-state index contributed by atoms with van der Waals surface area (Å²) in [4.78, 5) is 22.8. The lowest BCUT2D eigenvalue weighted by atomic mass is 10.2. The summed E-state index contributed by atoms with van der Waals surface area (Å²) in [6.45, 7) is 0.